The van der Waals surface area contributed by atoms with Gasteiger partial charge in [-0.25, -0.2) is 4.98 Å². The van der Waals surface area contributed by atoms with Gasteiger partial charge in [0.2, 0.25) is 5.95 Å². The monoisotopic (exact) mass is 461 g/mol. The molecule has 1 aromatic carbocycles. The van der Waals surface area contributed by atoms with Gasteiger partial charge in [0.05, 0.1) is 11.7 Å². The molecule has 1 amide bonds. The van der Waals surface area contributed by atoms with Crippen LogP contribution < -0.4 is 9.84 Å². The number of hydrogen-bond donors (Lipinski definition) is 1. The van der Waals surface area contributed by atoms with E-state index in [0.717, 1.165) is 23.1 Å². The number of rotatable bonds is 8. The molecule has 2 unspecified atom stereocenters. The first-order chi connectivity index (χ1) is 14.7. The Kier molecular flexibility index (Phi) is 7.66. The van der Waals surface area contributed by atoms with E-state index in [4.69, 9.17) is 0 Å². The molecule has 0 fully saturated rings. The van der Waals surface area contributed by atoms with E-state index in [-0.39, 0.29) is 17.7 Å². The van der Waals surface area contributed by atoms with E-state index in [2.05, 4.69) is 9.72 Å². The molecule has 0 saturated heterocycles. The fourth-order valence-corrected chi connectivity index (χ4v) is 3.22. The van der Waals surface area contributed by atoms with Gasteiger partial charge in [0.25, 0.3) is 0 Å². The summed E-state index contributed by atoms with van der Waals surface area (Å²) in [4.78, 5) is 16.3. The summed E-state index contributed by atoms with van der Waals surface area (Å²) in [6.07, 6.45) is -12.3. The largest absolute Gasteiger partial charge is 0.530 e. The third-order valence-corrected chi connectivity index (χ3v) is 4.51. The molecule has 2 atom stereocenters. The highest BCUT2D eigenvalue weighted by Gasteiger charge is 2.44. The predicted molar refractivity (Wildman–Crippen MR) is 102 cm³/mol. The van der Waals surface area contributed by atoms with E-state index in [1.54, 1.807) is 0 Å². The predicted octanol–water partition coefficient (Wildman–Crippen LogP) is 3.55. The summed E-state index contributed by atoms with van der Waals surface area (Å²) >= 11 is 0. The van der Waals surface area contributed by atoms with Crippen molar-refractivity contribution >= 4 is 6.09 Å². The molecule has 0 aliphatic rings. The van der Waals surface area contributed by atoms with Gasteiger partial charge in [-0.1, -0.05) is 18.2 Å². The quantitative estimate of drug-likeness (QED) is 0.480. The molecule has 1 aromatic heterocycles. The number of ether oxygens (including phenoxy) is 1. The SMILES string of the molecule is CC(C)(C)N(C(=O)[O-])C(Cc1cccc(OC(F)(F)C(F)F)c1)C(O)c1cccc(F)n1. The van der Waals surface area contributed by atoms with Gasteiger partial charge in [-0.15, -0.1) is 0 Å². The van der Waals surface area contributed by atoms with Crippen LogP contribution in [0.2, 0.25) is 0 Å². The van der Waals surface area contributed by atoms with Crippen LogP contribution in [0.3, 0.4) is 0 Å². The number of pyridine rings is 1. The number of carboxylic acid groups (broad SMARTS) is 1. The molecule has 11 heteroatoms. The Balaban J connectivity index is 2.45. The van der Waals surface area contributed by atoms with E-state index >= 15 is 0 Å². The zero-order valence-corrected chi connectivity index (χ0v) is 17.4. The number of aromatic nitrogens is 1. The maximum atomic E-state index is 13.6. The number of nitrogens with zero attached hydrogens (tertiary/aromatic N) is 2. The van der Waals surface area contributed by atoms with E-state index in [1.165, 1.54) is 45.0 Å². The zero-order chi connectivity index (χ0) is 24.3. The second-order valence-corrected chi connectivity index (χ2v) is 8.02. The first-order valence-corrected chi connectivity index (χ1v) is 9.47. The third kappa shape index (κ3) is 6.28. The molecule has 0 radical (unpaired) electrons. The van der Waals surface area contributed by atoms with Crippen molar-refractivity contribution in [1.29, 1.82) is 0 Å². The van der Waals surface area contributed by atoms with Crippen molar-refractivity contribution in [2.75, 3.05) is 0 Å². The van der Waals surface area contributed by atoms with Crippen LogP contribution in [0.1, 0.15) is 38.1 Å². The lowest BCUT2D eigenvalue weighted by Gasteiger charge is -2.45. The average Bonchev–Trinajstić information content (AvgIpc) is 2.65. The van der Waals surface area contributed by atoms with E-state index < -0.39 is 48.0 Å². The summed E-state index contributed by atoms with van der Waals surface area (Å²) in [5, 5.41) is 22.8. The molecule has 32 heavy (non-hydrogen) atoms. The lowest BCUT2D eigenvalue weighted by atomic mass is 9.93. The number of alkyl halides is 4. The minimum Gasteiger partial charge on any atom is -0.530 e. The summed E-state index contributed by atoms with van der Waals surface area (Å²) in [5.41, 5.74) is -1.07. The Labute approximate surface area is 181 Å². The molecule has 2 rings (SSSR count). The van der Waals surface area contributed by atoms with Gasteiger partial charge < -0.3 is 24.6 Å². The van der Waals surface area contributed by atoms with Gasteiger partial charge in [-0.3, -0.25) is 0 Å². The van der Waals surface area contributed by atoms with Gasteiger partial charge in [0.1, 0.15) is 17.9 Å². The molecular weight excluding hydrogens is 439 g/mol. The molecule has 0 spiro atoms. The number of amides is 1. The van der Waals surface area contributed by atoms with Crippen molar-refractivity contribution in [3.63, 3.8) is 0 Å². The van der Waals surface area contributed by atoms with E-state index in [0.29, 0.717) is 0 Å². The van der Waals surface area contributed by atoms with Crippen LogP contribution in [0.25, 0.3) is 0 Å². The van der Waals surface area contributed by atoms with Crippen LogP contribution >= 0.6 is 0 Å². The average molecular weight is 461 g/mol. The minimum atomic E-state index is -4.73. The fourth-order valence-electron chi connectivity index (χ4n) is 3.22. The third-order valence-electron chi connectivity index (χ3n) is 4.51. The van der Waals surface area contributed by atoms with Gasteiger partial charge in [-0.2, -0.15) is 22.0 Å². The topological polar surface area (TPSA) is 85.7 Å². The highest BCUT2D eigenvalue weighted by molar-refractivity contribution is 5.64. The first kappa shape index (κ1) is 25.3. The zero-order valence-electron chi connectivity index (χ0n) is 17.4. The van der Waals surface area contributed by atoms with Crippen LogP contribution in [0.15, 0.2) is 42.5 Å². The first-order valence-electron chi connectivity index (χ1n) is 9.47. The molecule has 0 aliphatic heterocycles. The second kappa shape index (κ2) is 9.68. The number of hydrogen-bond acceptors (Lipinski definition) is 5. The number of carbonyl (C=O) groups excluding carboxylic acids is 1. The molecule has 0 bridgehead atoms. The second-order valence-electron chi connectivity index (χ2n) is 8.02. The molecule has 1 N–H and O–H groups in total. The molecule has 1 heterocycles. The fraction of sp³-hybridized carbons (Fsp3) is 0.429. The molecule has 0 aliphatic carbocycles. The summed E-state index contributed by atoms with van der Waals surface area (Å²) in [7, 11) is 0. The summed E-state index contributed by atoms with van der Waals surface area (Å²) < 4.78 is 69.0. The van der Waals surface area contributed by atoms with Gasteiger partial charge in [0.15, 0.2) is 0 Å². The standard InChI is InChI=1S/C21H23F5N2O4/c1-20(2,3)28(19(30)31)15(17(29)14-8-5-9-16(22)27-14)11-12-6-4-7-13(10-12)32-21(25,26)18(23)24/h4-10,15,17-18,29H,11H2,1-3H3,(H,30,31)/p-1. The highest BCUT2D eigenvalue weighted by atomic mass is 19.3. The Morgan fingerprint density at radius 2 is 1.81 bits per heavy atom. The number of aliphatic hydroxyl groups is 1. The lowest BCUT2D eigenvalue weighted by molar-refractivity contribution is -0.275. The molecule has 6 nitrogen and oxygen atoms in total. The number of carbonyl (C=O) groups is 1. The maximum Gasteiger partial charge on any atom is 0.461 e. The molecule has 176 valence electrons. The Bertz CT molecular complexity index is 936. The van der Waals surface area contributed by atoms with E-state index in [1.807, 2.05) is 0 Å². The Hall–Kier alpha value is -2.95. The summed E-state index contributed by atoms with van der Waals surface area (Å²) in [6.45, 7) is 4.60. The molecule has 2 aromatic rings. The Morgan fingerprint density at radius 1 is 1.19 bits per heavy atom. The van der Waals surface area contributed by atoms with Gasteiger partial charge in [0, 0.05) is 5.54 Å². The van der Waals surface area contributed by atoms with Crippen LogP contribution in [-0.4, -0.2) is 45.2 Å². The lowest BCUT2D eigenvalue weighted by Crippen LogP contribution is -2.58. The highest BCUT2D eigenvalue weighted by Crippen LogP contribution is 2.31. The van der Waals surface area contributed by atoms with Crippen molar-refractivity contribution in [3.05, 3.63) is 59.7 Å². The smallest absolute Gasteiger partial charge is 0.461 e. The molecule has 0 saturated carbocycles. The maximum absolute atomic E-state index is 13.6. The number of halogens is 5. The van der Waals surface area contributed by atoms with Gasteiger partial charge >= 0.3 is 12.5 Å². The Morgan fingerprint density at radius 3 is 2.34 bits per heavy atom. The minimum absolute atomic E-state index is 0.165. The van der Waals surface area contributed by atoms with Crippen molar-refractivity contribution < 1.29 is 41.7 Å². The summed E-state index contributed by atoms with van der Waals surface area (Å²) in [6, 6.07) is 7.01. The van der Waals surface area contributed by atoms with Crippen molar-refractivity contribution in [3.8, 4) is 5.75 Å². The van der Waals surface area contributed by atoms with Crippen molar-refractivity contribution in [1.82, 2.24) is 9.88 Å². The normalized spacial score (nSPS) is 14.2. The van der Waals surface area contributed by atoms with Crippen LogP contribution in [-0.2, 0) is 6.42 Å². The van der Waals surface area contributed by atoms with Crippen LogP contribution in [0.4, 0.5) is 26.7 Å². The van der Waals surface area contributed by atoms with Crippen molar-refractivity contribution in [2.24, 2.45) is 0 Å². The number of aliphatic hydroxyl groups excluding tert-OH is 1. The van der Waals surface area contributed by atoms with Crippen LogP contribution in [0.5, 0.6) is 5.75 Å². The number of benzene rings is 1. The molecular formula is C21H22F5N2O4-. The van der Waals surface area contributed by atoms with Crippen LogP contribution in [0, 0.1) is 5.95 Å². The van der Waals surface area contributed by atoms with E-state index in [9.17, 15) is 37.0 Å². The van der Waals surface area contributed by atoms with Gasteiger partial charge in [-0.05, 0) is 57.0 Å². The van der Waals surface area contributed by atoms with Crippen molar-refractivity contribution in [2.45, 2.75) is 57.4 Å². The summed E-state index contributed by atoms with van der Waals surface area (Å²) in [5.74, 6) is -1.48.